The number of hydrogen-bond acceptors (Lipinski definition) is 7. The van der Waals surface area contributed by atoms with E-state index in [1.165, 1.54) is 48.3 Å². The Labute approximate surface area is 193 Å². The molecule has 8 heteroatoms. The summed E-state index contributed by atoms with van der Waals surface area (Å²) >= 11 is 1.87. The second-order valence-electron chi connectivity index (χ2n) is 9.07. The first-order chi connectivity index (χ1) is 15.5. The number of carbonyl (C=O) groups excluding carboxylic acids is 1. The van der Waals surface area contributed by atoms with Crippen molar-refractivity contribution in [3.63, 3.8) is 0 Å². The van der Waals surface area contributed by atoms with Crippen LogP contribution in [0.3, 0.4) is 0 Å². The first-order valence-corrected chi connectivity index (χ1v) is 12.2. The molecular formula is C24H30N6OS. The number of rotatable bonds is 7. The topological polar surface area (TPSA) is 75.1 Å². The summed E-state index contributed by atoms with van der Waals surface area (Å²) in [7, 11) is 3.77. The van der Waals surface area contributed by atoms with Gasteiger partial charge in [-0.1, -0.05) is 37.1 Å². The molecule has 1 aliphatic heterocycles. The molecule has 3 aromatic rings. The van der Waals surface area contributed by atoms with Gasteiger partial charge in [-0.05, 0) is 50.7 Å². The highest BCUT2D eigenvalue weighted by molar-refractivity contribution is 8.00. The Bertz CT molecular complexity index is 1120. The zero-order valence-corrected chi connectivity index (χ0v) is 19.5. The molecule has 2 N–H and O–H groups in total. The van der Waals surface area contributed by atoms with Crippen molar-refractivity contribution in [2.75, 3.05) is 26.0 Å². The summed E-state index contributed by atoms with van der Waals surface area (Å²) in [4.78, 5) is 24.5. The molecule has 1 aliphatic carbocycles. The van der Waals surface area contributed by atoms with E-state index in [9.17, 15) is 4.79 Å². The number of pyridine rings is 1. The number of aromatic nitrogens is 3. The van der Waals surface area contributed by atoms with Crippen molar-refractivity contribution in [1.29, 1.82) is 0 Å². The van der Waals surface area contributed by atoms with E-state index in [0.717, 1.165) is 11.2 Å². The molecule has 1 fully saturated rings. The van der Waals surface area contributed by atoms with Gasteiger partial charge in [0.1, 0.15) is 11.0 Å². The van der Waals surface area contributed by atoms with E-state index in [4.69, 9.17) is 0 Å². The van der Waals surface area contributed by atoms with Gasteiger partial charge in [-0.2, -0.15) is 0 Å². The van der Waals surface area contributed by atoms with Crippen LogP contribution in [0.15, 0.2) is 41.7 Å². The maximum atomic E-state index is 12.3. The Morgan fingerprint density at radius 3 is 2.88 bits per heavy atom. The fourth-order valence-electron chi connectivity index (χ4n) is 4.53. The maximum Gasteiger partial charge on any atom is 0.178 e. The number of nitrogens with one attached hydrogen (secondary N) is 2. The largest absolute Gasteiger partial charge is 0.360 e. The van der Waals surface area contributed by atoms with E-state index in [-0.39, 0.29) is 11.3 Å². The molecule has 0 amide bonds. The third-order valence-electron chi connectivity index (χ3n) is 6.16. The number of hydrogen-bond donors (Lipinski definition) is 2. The molecular weight excluding hydrogens is 420 g/mol. The lowest BCUT2D eigenvalue weighted by Crippen LogP contribution is -2.40. The molecule has 1 saturated carbocycles. The number of fused-ring (bicyclic) bond motifs is 2. The fraction of sp³-hybridized carbons (Fsp3) is 0.458. The Balaban J connectivity index is 1.27. The normalized spacial score (nSPS) is 18.8. The van der Waals surface area contributed by atoms with Crippen molar-refractivity contribution in [3.8, 4) is 0 Å². The summed E-state index contributed by atoms with van der Waals surface area (Å²) in [5.41, 5.74) is 4.82. The van der Waals surface area contributed by atoms with Crippen LogP contribution >= 0.6 is 11.8 Å². The first-order valence-electron chi connectivity index (χ1n) is 11.4. The lowest BCUT2D eigenvalue weighted by Gasteiger charge is -2.26. The molecule has 0 radical (unpaired) electrons. The van der Waals surface area contributed by atoms with Crippen LogP contribution < -0.4 is 10.6 Å². The lowest BCUT2D eigenvalue weighted by atomic mass is 9.96. The van der Waals surface area contributed by atoms with Gasteiger partial charge in [0.15, 0.2) is 11.4 Å². The molecule has 1 unspecified atom stereocenters. The quantitative estimate of drug-likeness (QED) is 0.528. The molecule has 168 valence electrons. The summed E-state index contributed by atoms with van der Waals surface area (Å²) in [5, 5.41) is 7.39. The Morgan fingerprint density at radius 2 is 2.06 bits per heavy atom. The molecule has 1 atom stereocenters. The van der Waals surface area contributed by atoms with Gasteiger partial charge in [-0.15, -0.1) is 0 Å². The van der Waals surface area contributed by atoms with E-state index in [0.29, 0.717) is 24.7 Å². The number of imidazole rings is 1. The van der Waals surface area contributed by atoms with E-state index in [2.05, 4.69) is 38.8 Å². The highest BCUT2D eigenvalue weighted by Gasteiger charge is 2.25. The third-order valence-corrected chi connectivity index (χ3v) is 7.24. The van der Waals surface area contributed by atoms with Crippen LogP contribution in [0.5, 0.6) is 0 Å². The zero-order valence-electron chi connectivity index (χ0n) is 18.7. The number of anilines is 1. The molecule has 3 heterocycles. The summed E-state index contributed by atoms with van der Waals surface area (Å²) in [6.07, 6.45) is 10.1. The lowest BCUT2D eigenvalue weighted by molar-refractivity contribution is 0.0957. The number of carbonyl (C=O) groups is 1. The molecule has 7 nitrogen and oxygen atoms in total. The van der Waals surface area contributed by atoms with Crippen LogP contribution in [0, 0.1) is 0 Å². The number of thioether (sulfide) groups is 1. The van der Waals surface area contributed by atoms with Crippen molar-refractivity contribution < 1.29 is 4.79 Å². The van der Waals surface area contributed by atoms with Crippen molar-refractivity contribution in [3.05, 3.63) is 47.9 Å². The monoisotopic (exact) mass is 450 g/mol. The molecule has 5 rings (SSSR count). The minimum absolute atomic E-state index is 0.0542. The van der Waals surface area contributed by atoms with Gasteiger partial charge >= 0.3 is 0 Å². The van der Waals surface area contributed by atoms with Crippen LogP contribution in [-0.4, -0.2) is 57.4 Å². The van der Waals surface area contributed by atoms with Crippen LogP contribution in [0.1, 0.15) is 48.0 Å². The Hall–Kier alpha value is -2.42. The smallest absolute Gasteiger partial charge is 0.178 e. The predicted molar refractivity (Wildman–Crippen MR) is 129 cm³/mol. The van der Waals surface area contributed by atoms with E-state index in [1.807, 2.05) is 47.7 Å². The molecule has 0 bridgehead atoms. The summed E-state index contributed by atoms with van der Waals surface area (Å²) in [6, 6.07) is 9.06. The minimum Gasteiger partial charge on any atom is -0.360 e. The average molecular weight is 451 g/mol. The Morgan fingerprint density at radius 1 is 1.22 bits per heavy atom. The molecule has 32 heavy (non-hydrogen) atoms. The Kier molecular flexibility index (Phi) is 6.17. The van der Waals surface area contributed by atoms with Crippen molar-refractivity contribution >= 4 is 34.4 Å². The molecule has 0 spiro atoms. The molecule has 0 saturated heterocycles. The van der Waals surface area contributed by atoms with Crippen LogP contribution in [0.4, 0.5) is 5.69 Å². The van der Waals surface area contributed by atoms with Crippen LogP contribution in [0.2, 0.25) is 0 Å². The zero-order chi connectivity index (χ0) is 22.1. The van der Waals surface area contributed by atoms with E-state index >= 15 is 0 Å². The highest BCUT2D eigenvalue weighted by Crippen LogP contribution is 2.38. The summed E-state index contributed by atoms with van der Waals surface area (Å²) in [6.45, 7) is 1.06. The minimum atomic E-state index is 0.0542. The standard InChI is InChI=1S/C24H30N6OS/c1-29(2)14-21(31)17-11-20-23(25-12-17)30(15-26-20)13-16-8-9-19-22(10-16)32-24(28-19)27-18-6-4-3-5-7-18/h8-12,15,18,24,27-28H,3-7,13-14H2,1-2H3. The fourth-order valence-corrected chi connectivity index (χ4v) is 5.70. The number of ketones is 1. The second kappa shape index (κ2) is 9.21. The highest BCUT2D eigenvalue weighted by atomic mass is 32.2. The van der Waals surface area contributed by atoms with Gasteiger partial charge in [-0.25, -0.2) is 9.97 Å². The average Bonchev–Trinajstić information content (AvgIpc) is 3.36. The van der Waals surface area contributed by atoms with Crippen LogP contribution in [0.25, 0.3) is 11.2 Å². The summed E-state index contributed by atoms with van der Waals surface area (Å²) < 4.78 is 2.04. The molecule has 1 aromatic carbocycles. The van der Waals surface area contributed by atoms with Gasteiger partial charge in [0.05, 0.1) is 19.4 Å². The van der Waals surface area contributed by atoms with Gasteiger partial charge in [0.2, 0.25) is 0 Å². The maximum absolute atomic E-state index is 12.3. The molecule has 2 aromatic heterocycles. The SMILES string of the molecule is CN(C)CC(=O)c1cnc2c(c1)ncn2Cc1ccc2c(c1)SC(NC1CCCCC1)N2. The van der Waals surface area contributed by atoms with Gasteiger partial charge in [0.25, 0.3) is 0 Å². The number of benzene rings is 1. The summed E-state index contributed by atoms with van der Waals surface area (Å²) in [5.74, 6) is 0.0542. The van der Waals surface area contributed by atoms with Gasteiger partial charge in [-0.3, -0.25) is 10.1 Å². The van der Waals surface area contributed by atoms with E-state index in [1.54, 1.807) is 6.20 Å². The third kappa shape index (κ3) is 4.67. The van der Waals surface area contributed by atoms with Crippen molar-refractivity contribution in [1.82, 2.24) is 24.8 Å². The molecule has 2 aliphatic rings. The van der Waals surface area contributed by atoms with Gasteiger partial charge < -0.3 is 14.8 Å². The van der Waals surface area contributed by atoms with Gasteiger partial charge in [0, 0.05) is 28.4 Å². The van der Waals surface area contributed by atoms with Crippen molar-refractivity contribution in [2.24, 2.45) is 0 Å². The second-order valence-corrected chi connectivity index (χ2v) is 10.2. The number of Topliss-reactive ketones (excluding diaryl/α,β-unsaturated/α-hetero) is 1. The van der Waals surface area contributed by atoms with Crippen LogP contribution in [-0.2, 0) is 6.54 Å². The predicted octanol–water partition coefficient (Wildman–Crippen LogP) is 3.95. The van der Waals surface area contributed by atoms with E-state index < -0.39 is 0 Å². The number of likely N-dealkylation sites (N-methyl/N-ethyl adjacent to an activating group) is 1. The first kappa shape index (κ1) is 21.4. The van der Waals surface area contributed by atoms with Crippen molar-refractivity contribution in [2.45, 2.75) is 55.1 Å². The number of nitrogens with zero attached hydrogens (tertiary/aromatic N) is 4.